The number of aryl methyl sites for hydroxylation is 1. The molecule has 0 radical (unpaired) electrons. The van der Waals surface area contributed by atoms with Gasteiger partial charge in [-0.3, -0.25) is 9.88 Å². The summed E-state index contributed by atoms with van der Waals surface area (Å²) in [5, 5.41) is 1.01. The maximum Gasteiger partial charge on any atom is 0.0572 e. The number of hydrogen-bond acceptors (Lipinski definition) is 2. The van der Waals surface area contributed by atoms with Crippen LogP contribution in [0.4, 0.5) is 0 Å². The van der Waals surface area contributed by atoms with Crippen molar-refractivity contribution in [2.45, 2.75) is 13.5 Å². The van der Waals surface area contributed by atoms with Crippen molar-refractivity contribution in [2.24, 2.45) is 0 Å². The maximum atomic E-state index is 4.34. The summed E-state index contributed by atoms with van der Waals surface area (Å²) in [5.41, 5.74) is 2.44. The highest BCUT2D eigenvalue weighted by Gasteiger charge is 2.02. The third-order valence-electron chi connectivity index (χ3n) is 2.00. The third kappa shape index (κ3) is 3.44. The number of hydrogen-bond donors (Lipinski definition) is 0. The number of alkyl halides is 1. The summed E-state index contributed by atoms with van der Waals surface area (Å²) < 4.78 is 0. The minimum atomic E-state index is 0.929. The quantitative estimate of drug-likeness (QED) is 0.754. The number of nitrogens with zero attached hydrogens (tertiary/aromatic N) is 2. The molecular weight excluding hydrogens is 228 g/mol. The fraction of sp³-hybridized carbons (Fsp3) is 0.500. The van der Waals surface area contributed by atoms with Crippen LogP contribution in [-0.2, 0) is 6.54 Å². The van der Waals surface area contributed by atoms with Gasteiger partial charge in [0.05, 0.1) is 5.69 Å². The SMILES string of the molecule is Cc1cccnc1CN(C)CCBr. The first-order valence-corrected chi connectivity index (χ1v) is 5.51. The van der Waals surface area contributed by atoms with E-state index in [-0.39, 0.29) is 0 Å². The van der Waals surface area contributed by atoms with Crippen LogP contribution in [0.5, 0.6) is 0 Å². The molecular formula is C10H15BrN2. The Morgan fingerprint density at radius 3 is 2.92 bits per heavy atom. The second-order valence-electron chi connectivity index (χ2n) is 3.19. The molecule has 0 aliphatic heterocycles. The van der Waals surface area contributed by atoms with Crippen LogP contribution < -0.4 is 0 Å². The van der Waals surface area contributed by atoms with E-state index < -0.39 is 0 Å². The zero-order valence-corrected chi connectivity index (χ0v) is 9.71. The van der Waals surface area contributed by atoms with E-state index in [9.17, 15) is 0 Å². The highest BCUT2D eigenvalue weighted by atomic mass is 79.9. The van der Waals surface area contributed by atoms with Crippen LogP contribution in [0.2, 0.25) is 0 Å². The molecule has 0 bridgehead atoms. The average Bonchev–Trinajstić information content (AvgIpc) is 2.09. The molecule has 0 unspecified atom stereocenters. The first-order valence-electron chi connectivity index (χ1n) is 4.39. The van der Waals surface area contributed by atoms with Crippen molar-refractivity contribution in [2.75, 3.05) is 18.9 Å². The zero-order chi connectivity index (χ0) is 9.68. The van der Waals surface area contributed by atoms with Crippen LogP contribution >= 0.6 is 15.9 Å². The van der Waals surface area contributed by atoms with Gasteiger partial charge in [-0.25, -0.2) is 0 Å². The normalized spacial score (nSPS) is 10.8. The lowest BCUT2D eigenvalue weighted by molar-refractivity contribution is 0.344. The Morgan fingerprint density at radius 1 is 1.54 bits per heavy atom. The second kappa shape index (κ2) is 5.35. The summed E-state index contributed by atoms with van der Waals surface area (Å²) >= 11 is 3.42. The molecule has 1 heterocycles. The maximum absolute atomic E-state index is 4.34. The molecule has 1 aromatic rings. The summed E-state index contributed by atoms with van der Waals surface area (Å²) in [6.07, 6.45) is 1.85. The Balaban J connectivity index is 2.58. The minimum Gasteiger partial charge on any atom is -0.300 e. The van der Waals surface area contributed by atoms with Gasteiger partial charge in [-0.05, 0) is 25.6 Å². The smallest absolute Gasteiger partial charge is 0.0572 e. The summed E-state index contributed by atoms with van der Waals surface area (Å²) in [5.74, 6) is 0. The van der Waals surface area contributed by atoms with Gasteiger partial charge in [0.15, 0.2) is 0 Å². The van der Waals surface area contributed by atoms with Crippen molar-refractivity contribution >= 4 is 15.9 Å². The van der Waals surface area contributed by atoms with Crippen LogP contribution in [-0.4, -0.2) is 28.8 Å². The lowest BCUT2D eigenvalue weighted by Crippen LogP contribution is -2.21. The number of rotatable bonds is 4. The monoisotopic (exact) mass is 242 g/mol. The van der Waals surface area contributed by atoms with Gasteiger partial charge in [0.1, 0.15) is 0 Å². The van der Waals surface area contributed by atoms with E-state index >= 15 is 0 Å². The van der Waals surface area contributed by atoms with Crippen molar-refractivity contribution < 1.29 is 0 Å². The molecule has 0 saturated heterocycles. The lowest BCUT2D eigenvalue weighted by Gasteiger charge is -2.15. The molecule has 0 saturated carbocycles. The van der Waals surface area contributed by atoms with E-state index in [0.29, 0.717) is 0 Å². The summed E-state index contributed by atoms with van der Waals surface area (Å²) in [6.45, 7) is 4.08. The van der Waals surface area contributed by atoms with E-state index in [0.717, 1.165) is 18.4 Å². The van der Waals surface area contributed by atoms with Gasteiger partial charge in [0, 0.05) is 24.6 Å². The van der Waals surface area contributed by atoms with Crippen molar-refractivity contribution in [1.82, 2.24) is 9.88 Å². The minimum absolute atomic E-state index is 0.929. The van der Waals surface area contributed by atoms with Gasteiger partial charge in [-0.1, -0.05) is 22.0 Å². The van der Waals surface area contributed by atoms with Gasteiger partial charge >= 0.3 is 0 Å². The predicted molar refractivity (Wildman–Crippen MR) is 59.1 cm³/mol. The fourth-order valence-electron chi connectivity index (χ4n) is 1.16. The number of aromatic nitrogens is 1. The van der Waals surface area contributed by atoms with Crippen molar-refractivity contribution in [3.05, 3.63) is 29.6 Å². The van der Waals surface area contributed by atoms with Gasteiger partial charge < -0.3 is 0 Å². The molecule has 0 atom stereocenters. The molecule has 2 nitrogen and oxygen atoms in total. The number of pyridine rings is 1. The van der Waals surface area contributed by atoms with Crippen LogP contribution in [0.15, 0.2) is 18.3 Å². The van der Waals surface area contributed by atoms with Crippen LogP contribution in [0.3, 0.4) is 0 Å². The van der Waals surface area contributed by atoms with Crippen LogP contribution in [0.25, 0.3) is 0 Å². The standard InChI is InChI=1S/C10H15BrN2/c1-9-4-3-6-12-10(9)8-13(2)7-5-11/h3-4,6H,5,7-8H2,1-2H3. The molecule has 72 valence electrons. The van der Waals surface area contributed by atoms with Crippen LogP contribution in [0.1, 0.15) is 11.3 Å². The summed E-state index contributed by atoms with van der Waals surface area (Å²) in [4.78, 5) is 6.60. The van der Waals surface area contributed by atoms with Gasteiger partial charge in [0.2, 0.25) is 0 Å². The highest BCUT2D eigenvalue weighted by molar-refractivity contribution is 9.09. The highest BCUT2D eigenvalue weighted by Crippen LogP contribution is 2.05. The molecule has 0 spiro atoms. The van der Waals surface area contributed by atoms with Gasteiger partial charge in [-0.2, -0.15) is 0 Å². The third-order valence-corrected chi connectivity index (χ3v) is 2.36. The Hall–Kier alpha value is -0.410. The summed E-state index contributed by atoms with van der Waals surface area (Å²) in [6, 6.07) is 4.08. The van der Waals surface area contributed by atoms with Crippen molar-refractivity contribution in [3.8, 4) is 0 Å². The van der Waals surface area contributed by atoms with E-state index in [1.165, 1.54) is 11.3 Å². The lowest BCUT2D eigenvalue weighted by atomic mass is 10.2. The Morgan fingerprint density at radius 2 is 2.31 bits per heavy atom. The average molecular weight is 243 g/mol. The molecule has 0 aromatic carbocycles. The van der Waals surface area contributed by atoms with E-state index in [2.05, 4.69) is 45.9 Å². The largest absolute Gasteiger partial charge is 0.300 e. The Bertz CT molecular complexity index is 263. The fourth-order valence-corrected chi connectivity index (χ4v) is 1.77. The van der Waals surface area contributed by atoms with E-state index in [4.69, 9.17) is 0 Å². The molecule has 0 N–H and O–H groups in total. The molecule has 13 heavy (non-hydrogen) atoms. The molecule has 0 fully saturated rings. The Labute approximate surface area is 88.1 Å². The first-order chi connectivity index (χ1) is 6.24. The molecule has 0 aliphatic carbocycles. The molecule has 1 rings (SSSR count). The first kappa shape index (κ1) is 10.7. The van der Waals surface area contributed by atoms with E-state index in [1.54, 1.807) is 0 Å². The van der Waals surface area contributed by atoms with Gasteiger partial charge in [-0.15, -0.1) is 0 Å². The topological polar surface area (TPSA) is 16.1 Å². The second-order valence-corrected chi connectivity index (χ2v) is 3.99. The van der Waals surface area contributed by atoms with Crippen molar-refractivity contribution in [3.63, 3.8) is 0 Å². The molecule has 1 aromatic heterocycles. The van der Waals surface area contributed by atoms with Crippen LogP contribution in [0, 0.1) is 6.92 Å². The molecule has 3 heteroatoms. The molecule has 0 amide bonds. The zero-order valence-electron chi connectivity index (χ0n) is 8.13. The van der Waals surface area contributed by atoms with Crippen molar-refractivity contribution in [1.29, 1.82) is 0 Å². The number of halogens is 1. The Kier molecular flexibility index (Phi) is 4.39. The predicted octanol–water partition coefficient (Wildman–Crippen LogP) is 2.22. The molecule has 0 aliphatic rings. The van der Waals surface area contributed by atoms with E-state index in [1.807, 2.05) is 12.3 Å². The van der Waals surface area contributed by atoms with Gasteiger partial charge in [0.25, 0.3) is 0 Å². The summed E-state index contributed by atoms with van der Waals surface area (Å²) in [7, 11) is 2.11.